The molecule has 0 N–H and O–H groups in total. The fraction of sp³-hybridized carbons (Fsp3) is 0.474. The summed E-state index contributed by atoms with van der Waals surface area (Å²) in [7, 11) is -3.27. The first-order chi connectivity index (χ1) is 11.0. The molecule has 2 aromatic rings. The number of piperidine rings is 1. The second-order valence-electron chi connectivity index (χ2n) is 6.72. The van der Waals surface area contributed by atoms with E-state index in [-0.39, 0.29) is 11.8 Å². The van der Waals surface area contributed by atoms with E-state index in [1.807, 2.05) is 37.3 Å². The Morgan fingerprint density at radius 1 is 1.13 bits per heavy atom. The van der Waals surface area contributed by atoms with E-state index in [0.717, 1.165) is 17.3 Å². The predicted molar refractivity (Wildman–Crippen MR) is 95.5 cm³/mol. The number of hydrogen-bond acceptors (Lipinski definition) is 3. The van der Waals surface area contributed by atoms with E-state index < -0.39 is 9.84 Å². The van der Waals surface area contributed by atoms with Crippen molar-refractivity contribution >= 4 is 20.6 Å². The summed E-state index contributed by atoms with van der Waals surface area (Å²) in [5.74, 6) is 0.190. The minimum atomic E-state index is -3.27. The van der Waals surface area contributed by atoms with E-state index in [4.69, 9.17) is 0 Å². The van der Waals surface area contributed by atoms with Crippen LogP contribution in [0.4, 0.5) is 0 Å². The lowest BCUT2D eigenvalue weighted by Gasteiger charge is -2.37. The third kappa shape index (κ3) is 3.59. The second kappa shape index (κ2) is 6.62. The van der Waals surface area contributed by atoms with E-state index in [0.29, 0.717) is 10.9 Å². The molecule has 0 radical (unpaired) electrons. The van der Waals surface area contributed by atoms with Crippen LogP contribution in [0.3, 0.4) is 0 Å². The van der Waals surface area contributed by atoms with Gasteiger partial charge in [0.15, 0.2) is 9.84 Å². The Morgan fingerprint density at radius 3 is 2.61 bits per heavy atom. The summed E-state index contributed by atoms with van der Waals surface area (Å²) in [6, 6.07) is 13.9. The quantitative estimate of drug-likeness (QED) is 0.853. The molecule has 0 amide bonds. The van der Waals surface area contributed by atoms with Crippen molar-refractivity contribution in [3.05, 3.63) is 42.5 Å². The number of nitrogens with zero attached hydrogens (tertiary/aromatic N) is 1. The highest BCUT2D eigenvalue weighted by Gasteiger charge is 2.27. The molecule has 2 aromatic carbocycles. The van der Waals surface area contributed by atoms with Gasteiger partial charge in [0.1, 0.15) is 0 Å². The van der Waals surface area contributed by atoms with Crippen LogP contribution in [0, 0.1) is 0 Å². The highest BCUT2D eigenvalue weighted by Crippen LogP contribution is 2.24. The van der Waals surface area contributed by atoms with Crippen LogP contribution in [-0.4, -0.2) is 37.7 Å². The van der Waals surface area contributed by atoms with Crippen LogP contribution >= 0.6 is 0 Å². The molecule has 1 fully saturated rings. The molecule has 124 valence electrons. The van der Waals surface area contributed by atoms with Crippen LogP contribution < -0.4 is 0 Å². The van der Waals surface area contributed by atoms with E-state index >= 15 is 0 Å². The molecule has 3 rings (SSSR count). The van der Waals surface area contributed by atoms with Crippen molar-refractivity contribution in [1.82, 2.24) is 4.90 Å². The molecule has 0 saturated carbocycles. The standard InChI is InChI=1S/C19H25NO2S/c1-15-7-5-6-12-20(15)16(2)14-23(21,22)19-11-10-17-8-3-4-9-18(17)13-19/h3-4,8-11,13,15-16H,5-7,12,14H2,1-2H3. The SMILES string of the molecule is CC1CCCCN1C(C)CS(=O)(=O)c1ccc2ccccc2c1. The van der Waals surface area contributed by atoms with Crippen molar-refractivity contribution in [3.63, 3.8) is 0 Å². The first-order valence-corrected chi connectivity index (χ1v) is 10.1. The Bertz CT molecular complexity index is 785. The molecule has 1 saturated heterocycles. The Morgan fingerprint density at radius 2 is 1.87 bits per heavy atom. The van der Waals surface area contributed by atoms with Crippen molar-refractivity contribution < 1.29 is 8.42 Å². The summed E-state index contributed by atoms with van der Waals surface area (Å²) in [4.78, 5) is 2.79. The zero-order chi connectivity index (χ0) is 16.4. The Balaban J connectivity index is 1.82. The maximum Gasteiger partial charge on any atom is 0.179 e. The summed E-state index contributed by atoms with van der Waals surface area (Å²) in [6.07, 6.45) is 3.59. The Labute approximate surface area is 139 Å². The topological polar surface area (TPSA) is 37.4 Å². The first-order valence-electron chi connectivity index (χ1n) is 8.45. The highest BCUT2D eigenvalue weighted by molar-refractivity contribution is 7.91. The molecule has 0 bridgehead atoms. The molecule has 0 aromatic heterocycles. The smallest absolute Gasteiger partial charge is 0.179 e. The fourth-order valence-electron chi connectivity index (χ4n) is 3.65. The maximum absolute atomic E-state index is 12.8. The third-order valence-electron chi connectivity index (χ3n) is 4.96. The van der Waals surface area contributed by atoms with E-state index in [1.54, 1.807) is 12.1 Å². The largest absolute Gasteiger partial charge is 0.297 e. The molecular weight excluding hydrogens is 306 g/mol. The lowest BCUT2D eigenvalue weighted by Crippen LogP contribution is -2.46. The van der Waals surface area contributed by atoms with Crippen LogP contribution in [0.2, 0.25) is 0 Å². The third-order valence-corrected chi connectivity index (χ3v) is 6.85. The minimum absolute atomic E-state index is 0.0572. The second-order valence-corrected chi connectivity index (χ2v) is 8.76. The summed E-state index contributed by atoms with van der Waals surface area (Å²) >= 11 is 0. The number of hydrogen-bond donors (Lipinski definition) is 0. The molecule has 23 heavy (non-hydrogen) atoms. The minimum Gasteiger partial charge on any atom is -0.297 e. The molecule has 0 aliphatic carbocycles. The van der Waals surface area contributed by atoms with Crippen molar-refractivity contribution in [2.45, 2.75) is 50.1 Å². The van der Waals surface area contributed by atoms with Gasteiger partial charge in [0.05, 0.1) is 10.6 Å². The lowest BCUT2D eigenvalue weighted by atomic mass is 10.0. The predicted octanol–water partition coefficient (Wildman–Crippen LogP) is 3.88. The van der Waals surface area contributed by atoms with E-state index in [2.05, 4.69) is 11.8 Å². The monoisotopic (exact) mass is 331 g/mol. The summed E-state index contributed by atoms with van der Waals surface area (Å²) in [5, 5.41) is 2.05. The van der Waals surface area contributed by atoms with Crippen LogP contribution in [-0.2, 0) is 9.84 Å². The average molecular weight is 331 g/mol. The number of sulfone groups is 1. The molecule has 1 aliphatic rings. The zero-order valence-corrected chi connectivity index (χ0v) is 14.7. The van der Waals surface area contributed by atoms with Crippen LogP contribution in [0.1, 0.15) is 33.1 Å². The Hall–Kier alpha value is -1.39. The van der Waals surface area contributed by atoms with Gasteiger partial charge in [-0.25, -0.2) is 8.42 Å². The van der Waals surface area contributed by atoms with Crippen molar-refractivity contribution in [1.29, 1.82) is 0 Å². The molecule has 4 heteroatoms. The highest BCUT2D eigenvalue weighted by atomic mass is 32.2. The van der Waals surface area contributed by atoms with E-state index in [1.165, 1.54) is 19.3 Å². The summed E-state index contributed by atoms with van der Waals surface area (Å²) < 4.78 is 25.6. The van der Waals surface area contributed by atoms with Gasteiger partial charge in [-0.3, -0.25) is 4.90 Å². The maximum atomic E-state index is 12.8. The molecule has 3 nitrogen and oxygen atoms in total. The molecule has 1 heterocycles. The molecule has 2 atom stereocenters. The van der Waals surface area contributed by atoms with Gasteiger partial charge in [-0.2, -0.15) is 0 Å². The number of fused-ring (bicyclic) bond motifs is 1. The van der Waals surface area contributed by atoms with Gasteiger partial charge >= 0.3 is 0 Å². The first kappa shape index (κ1) is 16.5. The van der Waals surface area contributed by atoms with Crippen LogP contribution in [0.25, 0.3) is 10.8 Å². The Kier molecular flexibility index (Phi) is 4.74. The van der Waals surface area contributed by atoms with E-state index in [9.17, 15) is 8.42 Å². The normalized spacial score (nSPS) is 21.4. The van der Waals surface area contributed by atoms with Crippen LogP contribution in [0.15, 0.2) is 47.4 Å². The van der Waals surface area contributed by atoms with Gasteiger partial charge < -0.3 is 0 Å². The van der Waals surface area contributed by atoms with Crippen molar-refractivity contribution in [2.24, 2.45) is 0 Å². The van der Waals surface area contributed by atoms with Gasteiger partial charge in [0, 0.05) is 12.1 Å². The van der Waals surface area contributed by atoms with Crippen molar-refractivity contribution in [3.8, 4) is 0 Å². The molecule has 1 aliphatic heterocycles. The summed E-state index contributed by atoms with van der Waals surface area (Å²) in [6.45, 7) is 5.26. The molecule has 2 unspecified atom stereocenters. The van der Waals surface area contributed by atoms with Crippen LogP contribution in [0.5, 0.6) is 0 Å². The molecule has 0 spiro atoms. The number of likely N-dealkylation sites (tertiary alicyclic amines) is 1. The van der Waals surface area contributed by atoms with Gasteiger partial charge in [-0.15, -0.1) is 0 Å². The zero-order valence-electron chi connectivity index (χ0n) is 13.9. The number of rotatable bonds is 4. The summed E-state index contributed by atoms with van der Waals surface area (Å²) in [5.41, 5.74) is 0. The lowest BCUT2D eigenvalue weighted by molar-refractivity contribution is 0.125. The number of benzene rings is 2. The van der Waals surface area contributed by atoms with Crippen molar-refractivity contribution in [2.75, 3.05) is 12.3 Å². The molecular formula is C19H25NO2S. The van der Waals surface area contributed by atoms with Gasteiger partial charge in [0.2, 0.25) is 0 Å². The van der Waals surface area contributed by atoms with Gasteiger partial charge in [-0.1, -0.05) is 36.8 Å². The van der Waals surface area contributed by atoms with Gasteiger partial charge in [0.25, 0.3) is 0 Å². The average Bonchev–Trinajstić information content (AvgIpc) is 2.54. The van der Waals surface area contributed by atoms with Gasteiger partial charge in [-0.05, 0) is 56.1 Å². The fourth-order valence-corrected chi connectivity index (χ4v) is 5.25.